The number of aromatic nitrogens is 3. The van der Waals surface area contributed by atoms with Gasteiger partial charge in [0, 0.05) is 29.5 Å². The molecular formula is C17H12N4O2. The van der Waals surface area contributed by atoms with Crippen molar-refractivity contribution in [2.75, 3.05) is 0 Å². The summed E-state index contributed by atoms with van der Waals surface area (Å²) in [5, 5.41) is 1.04. The molecule has 0 saturated heterocycles. The van der Waals surface area contributed by atoms with Crippen LogP contribution in [0.4, 0.5) is 4.79 Å². The van der Waals surface area contributed by atoms with Crippen molar-refractivity contribution in [1.82, 2.24) is 14.4 Å². The van der Waals surface area contributed by atoms with E-state index in [0.717, 1.165) is 22.2 Å². The number of fused-ring (bicyclic) bond motifs is 2. The first-order valence-electron chi connectivity index (χ1n) is 7.01. The summed E-state index contributed by atoms with van der Waals surface area (Å²) >= 11 is 0. The van der Waals surface area contributed by atoms with Crippen LogP contribution in [0.2, 0.25) is 0 Å². The van der Waals surface area contributed by atoms with Crippen LogP contribution in [-0.4, -0.2) is 20.5 Å². The molecule has 23 heavy (non-hydrogen) atoms. The van der Waals surface area contributed by atoms with Gasteiger partial charge >= 0.3 is 6.09 Å². The van der Waals surface area contributed by atoms with Crippen LogP contribution < -0.4 is 10.5 Å². The fourth-order valence-corrected chi connectivity index (χ4v) is 2.53. The molecule has 1 amide bonds. The number of nitrogens with two attached hydrogens (primary N) is 1. The molecule has 3 heterocycles. The van der Waals surface area contributed by atoms with Crippen LogP contribution in [0.5, 0.6) is 5.75 Å². The van der Waals surface area contributed by atoms with E-state index >= 15 is 0 Å². The number of pyridine rings is 2. The molecule has 4 rings (SSSR count). The van der Waals surface area contributed by atoms with Crippen molar-refractivity contribution in [3.63, 3.8) is 0 Å². The van der Waals surface area contributed by atoms with Crippen molar-refractivity contribution in [1.29, 1.82) is 0 Å². The summed E-state index contributed by atoms with van der Waals surface area (Å²) in [5.74, 6) is 0.319. The van der Waals surface area contributed by atoms with E-state index < -0.39 is 6.09 Å². The Morgan fingerprint density at radius 1 is 1.17 bits per heavy atom. The van der Waals surface area contributed by atoms with Gasteiger partial charge in [0.15, 0.2) is 11.4 Å². The minimum Gasteiger partial charge on any atom is -0.406 e. The number of amides is 1. The number of carbonyl (C=O) groups excluding carboxylic acids is 1. The molecule has 0 aliphatic rings. The van der Waals surface area contributed by atoms with Crippen molar-refractivity contribution >= 4 is 22.6 Å². The molecule has 3 aromatic heterocycles. The summed E-state index contributed by atoms with van der Waals surface area (Å²) in [6, 6.07) is 13.3. The number of hydrogen-bond acceptors (Lipinski definition) is 4. The van der Waals surface area contributed by atoms with E-state index in [2.05, 4.69) is 9.97 Å². The maximum atomic E-state index is 11.0. The molecule has 6 nitrogen and oxygen atoms in total. The zero-order valence-corrected chi connectivity index (χ0v) is 12.0. The van der Waals surface area contributed by atoms with Crippen LogP contribution in [0, 0.1) is 0 Å². The number of nitrogens with zero attached hydrogens (tertiary/aromatic N) is 3. The first kappa shape index (κ1) is 13.3. The number of hydrogen-bond donors (Lipinski definition) is 1. The summed E-state index contributed by atoms with van der Waals surface area (Å²) in [6.07, 6.45) is 4.59. The van der Waals surface area contributed by atoms with E-state index in [1.807, 2.05) is 42.7 Å². The van der Waals surface area contributed by atoms with E-state index in [9.17, 15) is 4.79 Å². The minimum atomic E-state index is -0.866. The van der Waals surface area contributed by atoms with Gasteiger partial charge in [-0.05, 0) is 24.3 Å². The Labute approximate surface area is 131 Å². The molecule has 0 fully saturated rings. The Morgan fingerprint density at radius 2 is 2.04 bits per heavy atom. The quantitative estimate of drug-likeness (QED) is 0.617. The first-order valence-corrected chi connectivity index (χ1v) is 7.01. The average molecular weight is 304 g/mol. The van der Waals surface area contributed by atoms with Crippen LogP contribution in [0.15, 0.2) is 61.1 Å². The second-order valence-corrected chi connectivity index (χ2v) is 5.07. The molecule has 0 saturated carbocycles. The highest BCUT2D eigenvalue weighted by Gasteiger charge is 2.11. The van der Waals surface area contributed by atoms with Crippen molar-refractivity contribution in [3.05, 3.63) is 61.1 Å². The lowest BCUT2D eigenvalue weighted by atomic mass is 10.1. The van der Waals surface area contributed by atoms with Gasteiger partial charge < -0.3 is 14.9 Å². The zero-order chi connectivity index (χ0) is 15.8. The lowest BCUT2D eigenvalue weighted by Crippen LogP contribution is -2.16. The summed E-state index contributed by atoms with van der Waals surface area (Å²) in [6.45, 7) is 0. The van der Waals surface area contributed by atoms with E-state index in [4.69, 9.17) is 10.5 Å². The molecule has 0 atom stereocenters. The van der Waals surface area contributed by atoms with Crippen LogP contribution in [0.25, 0.3) is 27.8 Å². The van der Waals surface area contributed by atoms with Crippen LogP contribution in [0.1, 0.15) is 0 Å². The topological polar surface area (TPSA) is 82.5 Å². The van der Waals surface area contributed by atoms with Crippen molar-refractivity contribution in [2.45, 2.75) is 0 Å². The molecule has 4 aromatic rings. The van der Waals surface area contributed by atoms with Gasteiger partial charge in [-0.25, -0.2) is 9.78 Å². The van der Waals surface area contributed by atoms with Crippen LogP contribution >= 0.6 is 0 Å². The Bertz CT molecular complexity index is 1040. The predicted octanol–water partition coefficient (Wildman–Crippen LogP) is 3.01. The second-order valence-electron chi connectivity index (χ2n) is 5.07. The van der Waals surface area contributed by atoms with Gasteiger partial charge in [-0.3, -0.25) is 4.98 Å². The largest absolute Gasteiger partial charge is 0.410 e. The summed E-state index contributed by atoms with van der Waals surface area (Å²) in [7, 11) is 0. The maximum absolute atomic E-state index is 11.0. The molecule has 0 aliphatic heterocycles. The summed E-state index contributed by atoms with van der Waals surface area (Å²) in [4.78, 5) is 20.0. The van der Waals surface area contributed by atoms with Crippen molar-refractivity contribution in [2.24, 2.45) is 5.73 Å². The Hall–Kier alpha value is -3.41. The molecule has 0 aliphatic carbocycles. The highest BCUT2D eigenvalue weighted by atomic mass is 16.5. The molecular weight excluding hydrogens is 292 g/mol. The Balaban J connectivity index is 1.86. The molecule has 0 bridgehead atoms. The van der Waals surface area contributed by atoms with E-state index in [-0.39, 0.29) is 0 Å². The highest BCUT2D eigenvalue weighted by molar-refractivity contribution is 5.83. The smallest absolute Gasteiger partial charge is 0.406 e. The predicted molar refractivity (Wildman–Crippen MR) is 86.1 cm³/mol. The zero-order valence-electron chi connectivity index (χ0n) is 12.0. The maximum Gasteiger partial charge on any atom is 0.410 e. The molecule has 6 heteroatoms. The third-order valence-electron chi connectivity index (χ3n) is 3.54. The van der Waals surface area contributed by atoms with Gasteiger partial charge in [0.1, 0.15) is 0 Å². The van der Waals surface area contributed by atoms with Gasteiger partial charge in [0.25, 0.3) is 0 Å². The second kappa shape index (κ2) is 5.10. The number of benzene rings is 1. The Kier molecular flexibility index (Phi) is 2.94. The van der Waals surface area contributed by atoms with Gasteiger partial charge in [-0.1, -0.05) is 18.2 Å². The fraction of sp³-hybridized carbons (Fsp3) is 0. The normalized spacial score (nSPS) is 11.0. The number of para-hydroxylation sites is 1. The first-order chi connectivity index (χ1) is 11.2. The lowest BCUT2D eigenvalue weighted by molar-refractivity contribution is 0.211. The fourth-order valence-electron chi connectivity index (χ4n) is 2.53. The highest BCUT2D eigenvalue weighted by Crippen LogP contribution is 2.26. The van der Waals surface area contributed by atoms with E-state index in [1.54, 1.807) is 22.7 Å². The number of imidazole rings is 1. The number of primary amides is 1. The van der Waals surface area contributed by atoms with Crippen LogP contribution in [0.3, 0.4) is 0 Å². The molecule has 1 aromatic carbocycles. The Morgan fingerprint density at radius 3 is 2.91 bits per heavy atom. The van der Waals surface area contributed by atoms with Gasteiger partial charge in [-0.2, -0.15) is 0 Å². The SMILES string of the molecule is NC(=O)Oc1cccn2cc(-c3cnc4ccccc4c3)nc12. The molecule has 0 spiro atoms. The standard InChI is InChI=1S/C17H12N4O2/c18-17(22)23-15-6-3-7-21-10-14(20-16(15)21)12-8-11-4-1-2-5-13(11)19-9-12/h1-10H,(H2,18,22). The minimum absolute atomic E-state index is 0.319. The van der Waals surface area contributed by atoms with E-state index in [0.29, 0.717) is 11.4 Å². The lowest BCUT2D eigenvalue weighted by Gasteiger charge is -2.01. The van der Waals surface area contributed by atoms with E-state index in [1.165, 1.54) is 0 Å². The van der Waals surface area contributed by atoms with Gasteiger partial charge in [0.05, 0.1) is 11.2 Å². The summed E-state index contributed by atoms with van der Waals surface area (Å²) in [5.41, 5.74) is 8.16. The average Bonchev–Trinajstić information content (AvgIpc) is 2.99. The van der Waals surface area contributed by atoms with Crippen molar-refractivity contribution in [3.8, 4) is 17.0 Å². The third-order valence-corrected chi connectivity index (χ3v) is 3.54. The molecule has 2 N–H and O–H groups in total. The third kappa shape index (κ3) is 2.36. The van der Waals surface area contributed by atoms with Gasteiger partial charge in [0.2, 0.25) is 0 Å². The summed E-state index contributed by atoms with van der Waals surface area (Å²) < 4.78 is 6.77. The van der Waals surface area contributed by atoms with Gasteiger partial charge in [-0.15, -0.1) is 0 Å². The number of carbonyl (C=O) groups is 1. The number of rotatable bonds is 2. The molecule has 0 radical (unpaired) electrons. The van der Waals surface area contributed by atoms with Crippen molar-refractivity contribution < 1.29 is 9.53 Å². The monoisotopic (exact) mass is 304 g/mol. The van der Waals surface area contributed by atoms with Crippen LogP contribution in [-0.2, 0) is 0 Å². The molecule has 112 valence electrons. The molecule has 0 unspecified atom stereocenters. The number of ether oxygens (including phenoxy) is 1.